The number of rotatable bonds is 6. The fourth-order valence-corrected chi connectivity index (χ4v) is 3.75. The molecule has 2 aromatic carbocycles. The minimum Gasteiger partial charge on any atom is -0.457 e. The Kier molecular flexibility index (Phi) is 6.70. The molecule has 0 aliphatic rings. The Balaban J connectivity index is 1.55. The maximum atomic E-state index is 13.1. The van der Waals surface area contributed by atoms with E-state index in [1.807, 2.05) is 18.2 Å². The van der Waals surface area contributed by atoms with Crippen molar-refractivity contribution in [3.63, 3.8) is 0 Å². The number of para-hydroxylation sites is 1. The molecule has 0 spiro atoms. The van der Waals surface area contributed by atoms with Crippen LogP contribution in [0.5, 0.6) is 11.5 Å². The molecule has 4 aromatic rings. The molecule has 9 nitrogen and oxygen atoms in total. The van der Waals surface area contributed by atoms with Crippen molar-refractivity contribution in [2.45, 2.75) is 13.8 Å². The third-order valence-corrected chi connectivity index (χ3v) is 5.55. The second-order valence-corrected chi connectivity index (χ2v) is 8.10. The summed E-state index contributed by atoms with van der Waals surface area (Å²) in [5.41, 5.74) is 1.08. The lowest BCUT2D eigenvalue weighted by atomic mass is 10.2. The number of hydrogen-bond donors (Lipinski definition) is 2. The fraction of sp³-hybridized carbons (Fsp3) is 0.120. The number of benzene rings is 2. The third-order valence-electron chi connectivity index (χ3n) is 5.24. The Bertz CT molecular complexity index is 1480. The predicted molar refractivity (Wildman–Crippen MR) is 134 cm³/mol. The highest BCUT2D eigenvalue weighted by Gasteiger charge is 2.23. The van der Waals surface area contributed by atoms with Crippen molar-refractivity contribution >= 4 is 34.9 Å². The number of nitrogens with one attached hydrogen (secondary N) is 2. The molecule has 0 atom stereocenters. The number of carbonyl (C=O) groups excluding carboxylic acids is 2. The standard InChI is InChI=1S/C25H22ClN5O4/c1-15-23(25(34)31(30(15)3)17-7-5-4-6-8-17)24(33)29-21-10-9-18(13-20(21)26)35-19-11-12-27-22(14-19)28-16(2)32/h4-14H,1-3H3,(H,29,33)(H,27,28,32). The van der Waals surface area contributed by atoms with Crippen molar-refractivity contribution < 1.29 is 14.3 Å². The quantitative estimate of drug-likeness (QED) is 0.412. The number of hydrogen-bond acceptors (Lipinski definition) is 5. The summed E-state index contributed by atoms with van der Waals surface area (Å²) in [7, 11) is 1.72. The van der Waals surface area contributed by atoms with Gasteiger partial charge in [-0.05, 0) is 37.3 Å². The van der Waals surface area contributed by atoms with E-state index in [0.717, 1.165) is 0 Å². The van der Waals surface area contributed by atoms with E-state index in [9.17, 15) is 14.4 Å². The van der Waals surface area contributed by atoms with E-state index in [2.05, 4.69) is 15.6 Å². The maximum absolute atomic E-state index is 13.1. The van der Waals surface area contributed by atoms with Gasteiger partial charge in [0, 0.05) is 32.3 Å². The van der Waals surface area contributed by atoms with E-state index in [1.165, 1.54) is 23.9 Å². The molecule has 0 bridgehead atoms. The summed E-state index contributed by atoms with van der Waals surface area (Å²) in [6.07, 6.45) is 1.50. The monoisotopic (exact) mass is 491 g/mol. The van der Waals surface area contributed by atoms with Gasteiger partial charge in [0.2, 0.25) is 5.91 Å². The molecule has 2 heterocycles. The number of halogens is 1. The van der Waals surface area contributed by atoms with Gasteiger partial charge in [0.15, 0.2) is 0 Å². The second kappa shape index (κ2) is 9.86. The van der Waals surface area contributed by atoms with Crippen molar-refractivity contribution in [3.8, 4) is 17.2 Å². The van der Waals surface area contributed by atoms with E-state index < -0.39 is 11.5 Å². The lowest BCUT2D eigenvalue weighted by molar-refractivity contribution is -0.114. The van der Waals surface area contributed by atoms with Gasteiger partial charge in [0.1, 0.15) is 22.9 Å². The Hall–Kier alpha value is -4.37. The highest BCUT2D eigenvalue weighted by Crippen LogP contribution is 2.30. The first-order chi connectivity index (χ1) is 16.7. The van der Waals surface area contributed by atoms with Crippen LogP contribution < -0.4 is 20.9 Å². The van der Waals surface area contributed by atoms with E-state index >= 15 is 0 Å². The van der Waals surface area contributed by atoms with Crippen molar-refractivity contribution in [1.82, 2.24) is 14.3 Å². The van der Waals surface area contributed by atoms with Crippen LogP contribution in [0, 0.1) is 6.92 Å². The average molecular weight is 492 g/mol. The topological polar surface area (TPSA) is 107 Å². The van der Waals surface area contributed by atoms with Gasteiger partial charge in [-0.15, -0.1) is 0 Å². The first-order valence-corrected chi connectivity index (χ1v) is 11.0. The van der Waals surface area contributed by atoms with Gasteiger partial charge >= 0.3 is 0 Å². The number of amides is 2. The smallest absolute Gasteiger partial charge is 0.284 e. The van der Waals surface area contributed by atoms with Gasteiger partial charge in [-0.2, -0.15) is 0 Å². The minimum atomic E-state index is -0.567. The molecule has 0 aliphatic heterocycles. The molecule has 2 N–H and O–H groups in total. The summed E-state index contributed by atoms with van der Waals surface area (Å²) in [6.45, 7) is 3.09. The van der Waals surface area contributed by atoms with Gasteiger partial charge < -0.3 is 15.4 Å². The number of carbonyl (C=O) groups is 2. The van der Waals surface area contributed by atoms with Crippen molar-refractivity contribution in [2.24, 2.45) is 7.05 Å². The SMILES string of the molecule is CC(=O)Nc1cc(Oc2ccc(NC(=O)c3c(C)n(C)n(-c4ccccc4)c3=O)c(Cl)c2)ccn1. The zero-order valence-corrected chi connectivity index (χ0v) is 20.0. The summed E-state index contributed by atoms with van der Waals surface area (Å²) < 4.78 is 8.86. The van der Waals surface area contributed by atoms with Crippen LogP contribution in [0.4, 0.5) is 11.5 Å². The summed E-state index contributed by atoms with van der Waals surface area (Å²) in [5.74, 6) is 0.391. The van der Waals surface area contributed by atoms with Crippen molar-refractivity contribution in [2.75, 3.05) is 10.6 Å². The van der Waals surface area contributed by atoms with Crippen LogP contribution in [0.15, 0.2) is 71.7 Å². The Morgan fingerprint density at radius 1 is 1.00 bits per heavy atom. The lowest BCUT2D eigenvalue weighted by Gasteiger charge is -2.11. The zero-order chi connectivity index (χ0) is 25.1. The fourth-order valence-electron chi connectivity index (χ4n) is 3.53. The van der Waals surface area contributed by atoms with Crippen LogP contribution in [0.25, 0.3) is 5.69 Å². The van der Waals surface area contributed by atoms with Gasteiger partial charge in [0.05, 0.1) is 22.1 Å². The Labute approximate surface area is 205 Å². The first-order valence-electron chi connectivity index (χ1n) is 10.6. The average Bonchev–Trinajstić information content (AvgIpc) is 3.04. The number of pyridine rings is 1. The first kappa shape index (κ1) is 23.8. The highest BCUT2D eigenvalue weighted by atomic mass is 35.5. The molecule has 2 aromatic heterocycles. The summed E-state index contributed by atoms with van der Waals surface area (Å²) in [4.78, 5) is 41.4. The second-order valence-electron chi connectivity index (χ2n) is 7.69. The van der Waals surface area contributed by atoms with Gasteiger partial charge in [0.25, 0.3) is 11.5 Å². The highest BCUT2D eigenvalue weighted by molar-refractivity contribution is 6.34. The molecule has 4 rings (SSSR count). The normalized spacial score (nSPS) is 10.6. The van der Waals surface area contributed by atoms with Gasteiger partial charge in [-0.3, -0.25) is 19.1 Å². The van der Waals surface area contributed by atoms with E-state index in [1.54, 1.807) is 55.1 Å². The molecule has 35 heavy (non-hydrogen) atoms. The van der Waals surface area contributed by atoms with E-state index in [0.29, 0.717) is 34.4 Å². The molecule has 0 aliphatic carbocycles. The summed E-state index contributed by atoms with van der Waals surface area (Å²) >= 11 is 6.39. The molecule has 0 radical (unpaired) electrons. The molecular formula is C25H22ClN5O4. The van der Waals surface area contributed by atoms with Gasteiger partial charge in [-0.25, -0.2) is 9.67 Å². The zero-order valence-electron chi connectivity index (χ0n) is 19.2. The van der Waals surface area contributed by atoms with Crippen LogP contribution in [0.1, 0.15) is 23.0 Å². The van der Waals surface area contributed by atoms with Gasteiger partial charge in [-0.1, -0.05) is 29.8 Å². The molecule has 178 valence electrons. The Morgan fingerprint density at radius 2 is 1.71 bits per heavy atom. The number of aromatic nitrogens is 3. The molecule has 2 amide bonds. The Morgan fingerprint density at radius 3 is 2.40 bits per heavy atom. The largest absolute Gasteiger partial charge is 0.457 e. The molecule has 0 fully saturated rings. The maximum Gasteiger partial charge on any atom is 0.284 e. The predicted octanol–water partition coefficient (Wildman–Crippen LogP) is 4.54. The number of ether oxygens (including phenoxy) is 1. The van der Waals surface area contributed by atoms with Crippen LogP contribution in [0.2, 0.25) is 5.02 Å². The number of nitrogens with zero attached hydrogens (tertiary/aromatic N) is 3. The molecule has 0 saturated heterocycles. The van der Waals surface area contributed by atoms with Crippen LogP contribution in [-0.2, 0) is 11.8 Å². The molecular weight excluding hydrogens is 470 g/mol. The minimum absolute atomic E-state index is 0.0232. The third kappa shape index (κ3) is 5.10. The van der Waals surface area contributed by atoms with Crippen LogP contribution in [-0.4, -0.2) is 26.2 Å². The summed E-state index contributed by atoms with van der Waals surface area (Å²) in [6, 6.07) is 17.0. The van der Waals surface area contributed by atoms with Crippen molar-refractivity contribution in [1.29, 1.82) is 0 Å². The lowest BCUT2D eigenvalue weighted by Crippen LogP contribution is -2.25. The number of anilines is 2. The molecule has 0 saturated carbocycles. The van der Waals surface area contributed by atoms with Crippen molar-refractivity contribution in [3.05, 3.63) is 93.5 Å². The van der Waals surface area contributed by atoms with E-state index in [-0.39, 0.29) is 16.5 Å². The molecule has 0 unspecified atom stereocenters. The summed E-state index contributed by atoms with van der Waals surface area (Å²) in [5, 5.41) is 5.52. The molecule has 10 heteroatoms. The van der Waals surface area contributed by atoms with Crippen LogP contribution in [0.3, 0.4) is 0 Å². The van der Waals surface area contributed by atoms with E-state index in [4.69, 9.17) is 16.3 Å². The van der Waals surface area contributed by atoms with Crippen LogP contribution >= 0.6 is 11.6 Å².